The van der Waals surface area contributed by atoms with E-state index in [2.05, 4.69) is 129 Å². The van der Waals surface area contributed by atoms with Gasteiger partial charge in [-0.2, -0.15) is 0 Å². The molecule has 0 aliphatic carbocycles. The Hall–Kier alpha value is -3.38. The van der Waals surface area contributed by atoms with Crippen LogP contribution in [0.15, 0.2) is 103 Å². The monoisotopic (exact) mass is 444 g/mol. The smallest absolute Gasteiger partial charge is 0.0150 e. The Morgan fingerprint density at radius 1 is 0.529 bits per heavy atom. The van der Waals surface area contributed by atoms with Crippen molar-refractivity contribution in [3.63, 3.8) is 0 Å². The summed E-state index contributed by atoms with van der Waals surface area (Å²) < 4.78 is 0. The quantitative estimate of drug-likeness (QED) is 0.214. The number of hydrogen-bond donors (Lipinski definition) is 0. The van der Waals surface area contributed by atoms with Gasteiger partial charge in [-0.3, -0.25) is 0 Å². The predicted molar refractivity (Wildman–Crippen MR) is 148 cm³/mol. The zero-order valence-corrected chi connectivity index (χ0v) is 20.6. The molecule has 1 atom stereocenters. The first-order chi connectivity index (χ1) is 16.7. The van der Waals surface area contributed by atoms with Crippen LogP contribution in [0.1, 0.15) is 65.1 Å². The van der Waals surface area contributed by atoms with Crippen LogP contribution in [-0.4, -0.2) is 0 Å². The highest BCUT2D eigenvalue weighted by Crippen LogP contribution is 2.21. The summed E-state index contributed by atoms with van der Waals surface area (Å²) in [4.78, 5) is 0. The van der Waals surface area contributed by atoms with Crippen LogP contribution in [0.3, 0.4) is 0 Å². The van der Waals surface area contributed by atoms with Crippen molar-refractivity contribution in [2.45, 2.75) is 51.9 Å². The fourth-order valence-corrected chi connectivity index (χ4v) is 4.46. The lowest BCUT2D eigenvalue weighted by Gasteiger charge is -2.12. The van der Waals surface area contributed by atoms with Gasteiger partial charge in [0.15, 0.2) is 0 Å². The molecule has 0 amide bonds. The molecule has 4 aromatic rings. The van der Waals surface area contributed by atoms with Gasteiger partial charge in [0.2, 0.25) is 0 Å². The molecule has 0 aliphatic rings. The second-order valence-electron chi connectivity index (χ2n) is 9.40. The molecule has 1 unspecified atom stereocenters. The number of benzene rings is 4. The van der Waals surface area contributed by atoms with Gasteiger partial charge in [-0.25, -0.2) is 0 Å². The summed E-state index contributed by atoms with van der Waals surface area (Å²) >= 11 is 0. The summed E-state index contributed by atoms with van der Waals surface area (Å²) in [6, 6.07) is 37.9. The largest absolute Gasteiger partial charge is 0.0651 e. The van der Waals surface area contributed by atoms with Crippen molar-refractivity contribution in [2.75, 3.05) is 0 Å². The average Bonchev–Trinajstić information content (AvgIpc) is 2.89. The van der Waals surface area contributed by atoms with Gasteiger partial charge in [0, 0.05) is 0 Å². The lowest BCUT2D eigenvalue weighted by Crippen LogP contribution is -1.99. The van der Waals surface area contributed by atoms with Crippen LogP contribution < -0.4 is 0 Å². The summed E-state index contributed by atoms with van der Waals surface area (Å²) in [7, 11) is 0. The van der Waals surface area contributed by atoms with Gasteiger partial charge in [-0.1, -0.05) is 136 Å². The van der Waals surface area contributed by atoms with Crippen molar-refractivity contribution in [2.24, 2.45) is 0 Å². The van der Waals surface area contributed by atoms with Gasteiger partial charge in [-0.15, -0.1) is 0 Å². The molecular formula is C34H36. The summed E-state index contributed by atoms with van der Waals surface area (Å²) in [6.45, 7) is 4.53. The molecule has 0 aromatic heterocycles. The van der Waals surface area contributed by atoms with E-state index in [-0.39, 0.29) is 0 Å². The minimum Gasteiger partial charge on any atom is -0.0651 e. The first-order valence-electron chi connectivity index (χ1n) is 12.7. The van der Waals surface area contributed by atoms with Crippen molar-refractivity contribution in [1.29, 1.82) is 0 Å². The highest BCUT2D eigenvalue weighted by Gasteiger charge is 2.06. The number of hydrogen-bond acceptors (Lipinski definition) is 0. The van der Waals surface area contributed by atoms with Gasteiger partial charge in [-0.05, 0) is 70.5 Å². The van der Waals surface area contributed by atoms with Gasteiger partial charge in [0.1, 0.15) is 0 Å². The fraction of sp³-hybridized carbons (Fsp3) is 0.235. The maximum Gasteiger partial charge on any atom is -0.0150 e. The average molecular weight is 445 g/mol. The molecule has 0 nitrogen and oxygen atoms in total. The highest BCUT2D eigenvalue weighted by molar-refractivity contribution is 5.69. The molecule has 0 saturated carbocycles. The van der Waals surface area contributed by atoms with Gasteiger partial charge in [0.25, 0.3) is 0 Å². The van der Waals surface area contributed by atoms with Crippen LogP contribution in [0.25, 0.3) is 12.2 Å². The minimum absolute atomic E-state index is 0.542. The van der Waals surface area contributed by atoms with Crippen molar-refractivity contribution in [3.05, 3.63) is 142 Å². The van der Waals surface area contributed by atoms with E-state index >= 15 is 0 Å². The second-order valence-corrected chi connectivity index (χ2v) is 9.40. The summed E-state index contributed by atoms with van der Waals surface area (Å²) in [5.74, 6) is 0.542. The van der Waals surface area contributed by atoms with Crippen LogP contribution in [-0.2, 0) is 25.7 Å². The van der Waals surface area contributed by atoms with E-state index in [1.165, 1.54) is 45.4 Å². The topological polar surface area (TPSA) is 0 Å². The van der Waals surface area contributed by atoms with Crippen molar-refractivity contribution in [3.8, 4) is 0 Å². The first-order valence-corrected chi connectivity index (χ1v) is 12.7. The molecule has 0 spiro atoms. The van der Waals surface area contributed by atoms with Crippen LogP contribution in [0.4, 0.5) is 0 Å². The molecule has 0 radical (unpaired) electrons. The molecular weight excluding hydrogens is 408 g/mol. The Morgan fingerprint density at radius 2 is 0.971 bits per heavy atom. The maximum absolute atomic E-state index is 2.31. The number of aryl methyl sites for hydroxylation is 3. The Kier molecular flexibility index (Phi) is 8.52. The first kappa shape index (κ1) is 23.8. The zero-order chi connectivity index (χ0) is 23.6. The van der Waals surface area contributed by atoms with Gasteiger partial charge in [0.05, 0.1) is 0 Å². The third kappa shape index (κ3) is 7.06. The van der Waals surface area contributed by atoms with E-state index in [4.69, 9.17) is 0 Å². The van der Waals surface area contributed by atoms with E-state index in [1.54, 1.807) is 0 Å². The van der Waals surface area contributed by atoms with E-state index in [0.29, 0.717) is 5.92 Å². The van der Waals surface area contributed by atoms with E-state index in [1.807, 2.05) is 0 Å². The SMILES string of the molecule is CCCc1ccc(/C=C/c2ccc(CCc3ccc(CC(C)c4ccccc4)cc3)cc2)cc1. The molecule has 0 aliphatic heterocycles. The number of rotatable bonds is 10. The molecule has 0 fully saturated rings. The van der Waals surface area contributed by atoms with E-state index in [0.717, 1.165) is 25.7 Å². The zero-order valence-electron chi connectivity index (χ0n) is 20.6. The maximum atomic E-state index is 2.31. The van der Waals surface area contributed by atoms with Crippen molar-refractivity contribution >= 4 is 12.2 Å². The van der Waals surface area contributed by atoms with Crippen LogP contribution in [0, 0.1) is 0 Å². The second kappa shape index (κ2) is 12.2. The van der Waals surface area contributed by atoms with Crippen LogP contribution in [0.5, 0.6) is 0 Å². The fourth-order valence-electron chi connectivity index (χ4n) is 4.46. The Morgan fingerprint density at radius 3 is 1.47 bits per heavy atom. The standard InChI is InChI=1S/C34H36/c1-3-7-28-10-12-29(13-11-28)14-15-30-16-18-31(19-17-30)20-21-32-22-24-33(25-23-32)26-27(2)34-8-5-4-6-9-34/h4-6,8-19,22-25,27H,3,7,20-21,26H2,1-2H3/b15-14+. The summed E-state index contributed by atoms with van der Waals surface area (Å²) in [5.41, 5.74) is 9.55. The minimum atomic E-state index is 0.542. The third-order valence-electron chi connectivity index (χ3n) is 6.60. The molecule has 34 heavy (non-hydrogen) atoms. The highest BCUT2D eigenvalue weighted by atomic mass is 14.1. The molecule has 0 heterocycles. The van der Waals surface area contributed by atoms with Gasteiger partial charge >= 0.3 is 0 Å². The van der Waals surface area contributed by atoms with Crippen molar-refractivity contribution in [1.82, 2.24) is 0 Å². The molecule has 0 bridgehead atoms. The van der Waals surface area contributed by atoms with Gasteiger partial charge < -0.3 is 0 Å². The van der Waals surface area contributed by atoms with Crippen LogP contribution >= 0.6 is 0 Å². The normalized spacial score (nSPS) is 12.2. The molecule has 0 N–H and O–H groups in total. The van der Waals surface area contributed by atoms with E-state index in [9.17, 15) is 0 Å². The Labute approximate surface area is 206 Å². The molecule has 172 valence electrons. The molecule has 4 rings (SSSR count). The van der Waals surface area contributed by atoms with Crippen LogP contribution in [0.2, 0.25) is 0 Å². The summed E-state index contributed by atoms with van der Waals surface area (Å²) in [6.07, 6.45) is 9.99. The summed E-state index contributed by atoms with van der Waals surface area (Å²) in [5, 5.41) is 0. The lowest BCUT2D eigenvalue weighted by atomic mass is 9.93. The van der Waals surface area contributed by atoms with Crippen molar-refractivity contribution < 1.29 is 0 Å². The Bertz CT molecular complexity index is 1150. The third-order valence-corrected chi connectivity index (χ3v) is 6.60. The molecule has 4 aromatic carbocycles. The lowest BCUT2D eigenvalue weighted by molar-refractivity contribution is 0.758. The van der Waals surface area contributed by atoms with E-state index < -0.39 is 0 Å². The Balaban J connectivity index is 1.26. The predicted octanol–water partition coefficient (Wildman–Crippen LogP) is 8.94. The molecule has 0 heteroatoms. The molecule has 0 saturated heterocycles.